The highest BCUT2D eigenvalue weighted by Crippen LogP contribution is 2.22. The molecule has 0 bridgehead atoms. The number of hydrogen-bond donors (Lipinski definition) is 0. The number of benzene rings is 1. The van der Waals surface area contributed by atoms with Crippen molar-refractivity contribution < 1.29 is 33.0 Å². The van der Waals surface area contributed by atoms with E-state index in [0.29, 0.717) is 5.89 Å². The Labute approximate surface area is 129 Å². The number of nitrogens with zero attached hydrogens (tertiary/aromatic N) is 2. The summed E-state index contributed by atoms with van der Waals surface area (Å²) in [6.07, 6.45) is 5.26. The van der Waals surface area contributed by atoms with Crippen LogP contribution in [0.1, 0.15) is 13.3 Å². The molecule has 0 spiro atoms. The fourth-order valence-electron chi connectivity index (χ4n) is 2.04. The summed E-state index contributed by atoms with van der Waals surface area (Å²) in [7, 11) is 0. The van der Waals surface area contributed by atoms with Crippen molar-refractivity contribution in [2.75, 3.05) is 0 Å². The van der Waals surface area contributed by atoms with E-state index in [-0.39, 0.29) is 24.0 Å². The van der Waals surface area contributed by atoms with E-state index in [4.69, 9.17) is 4.42 Å². The van der Waals surface area contributed by atoms with Crippen LogP contribution in [0.3, 0.4) is 0 Å². The Morgan fingerprint density at radius 1 is 1.16 bits per heavy atom. The lowest BCUT2D eigenvalue weighted by molar-refractivity contribution is -0.696. The number of oxazole rings is 1. The largest absolute Gasteiger partial charge is 1.00 e. The molecule has 4 heteroatoms. The smallest absolute Gasteiger partial charge is 0.233 e. The molecule has 2 aromatic heterocycles. The number of rotatable bonds is 3. The van der Waals surface area contributed by atoms with E-state index in [1.165, 1.54) is 0 Å². The Hall–Kier alpha value is -1.43. The molecule has 0 saturated carbocycles. The third-order valence-electron chi connectivity index (χ3n) is 2.88. The SMILES string of the molecule is CCC[n+]1cccc(-c2nc3ccccc3o2)c1.[I-]. The van der Waals surface area contributed by atoms with Gasteiger partial charge >= 0.3 is 0 Å². The topological polar surface area (TPSA) is 29.9 Å². The van der Waals surface area contributed by atoms with Gasteiger partial charge in [0.05, 0.1) is 0 Å². The van der Waals surface area contributed by atoms with Gasteiger partial charge in [0.25, 0.3) is 0 Å². The van der Waals surface area contributed by atoms with Gasteiger partial charge in [0.15, 0.2) is 18.0 Å². The van der Waals surface area contributed by atoms with Crippen LogP contribution in [0.25, 0.3) is 22.6 Å². The van der Waals surface area contributed by atoms with Crippen molar-refractivity contribution in [2.45, 2.75) is 19.9 Å². The molecule has 19 heavy (non-hydrogen) atoms. The first-order valence-corrected chi connectivity index (χ1v) is 6.22. The maximum absolute atomic E-state index is 5.76. The van der Waals surface area contributed by atoms with Crippen molar-refractivity contribution in [1.29, 1.82) is 0 Å². The molecule has 0 amide bonds. The molecule has 0 saturated heterocycles. The molecule has 0 aliphatic carbocycles. The average molecular weight is 366 g/mol. The van der Waals surface area contributed by atoms with Crippen molar-refractivity contribution in [3.63, 3.8) is 0 Å². The van der Waals surface area contributed by atoms with Crippen molar-refractivity contribution in [3.8, 4) is 11.5 Å². The molecule has 3 rings (SSSR count). The molecule has 0 fully saturated rings. The summed E-state index contributed by atoms with van der Waals surface area (Å²) >= 11 is 0. The van der Waals surface area contributed by atoms with Crippen LogP contribution < -0.4 is 28.5 Å². The van der Waals surface area contributed by atoms with Crippen LogP contribution in [0.2, 0.25) is 0 Å². The fraction of sp³-hybridized carbons (Fsp3) is 0.200. The lowest BCUT2D eigenvalue weighted by Crippen LogP contribution is -3.00. The van der Waals surface area contributed by atoms with Gasteiger partial charge in [-0.05, 0) is 18.2 Å². The Kier molecular flexibility index (Phi) is 4.52. The number of halogens is 1. The number of aromatic nitrogens is 2. The first-order chi connectivity index (χ1) is 8.86. The normalized spacial score (nSPS) is 10.4. The van der Waals surface area contributed by atoms with Gasteiger partial charge in [-0.25, -0.2) is 9.55 Å². The van der Waals surface area contributed by atoms with Crippen LogP contribution >= 0.6 is 0 Å². The number of aryl methyl sites for hydroxylation is 1. The molecular formula is C15H15IN2O. The second kappa shape index (κ2) is 6.14. The van der Waals surface area contributed by atoms with Gasteiger partial charge in [0.2, 0.25) is 5.89 Å². The zero-order valence-corrected chi connectivity index (χ0v) is 12.9. The molecule has 0 atom stereocenters. The van der Waals surface area contributed by atoms with E-state index in [1.807, 2.05) is 36.4 Å². The van der Waals surface area contributed by atoms with Gasteiger partial charge < -0.3 is 28.4 Å². The lowest BCUT2D eigenvalue weighted by Gasteiger charge is -1.95. The van der Waals surface area contributed by atoms with Gasteiger partial charge in [-0.2, -0.15) is 0 Å². The summed E-state index contributed by atoms with van der Waals surface area (Å²) in [5, 5.41) is 0. The molecule has 3 nitrogen and oxygen atoms in total. The molecule has 0 aliphatic heterocycles. The summed E-state index contributed by atoms with van der Waals surface area (Å²) in [6, 6.07) is 11.9. The highest BCUT2D eigenvalue weighted by molar-refractivity contribution is 5.75. The third-order valence-corrected chi connectivity index (χ3v) is 2.88. The Morgan fingerprint density at radius 2 is 2.00 bits per heavy atom. The predicted molar refractivity (Wildman–Crippen MR) is 69.9 cm³/mol. The Bertz CT molecular complexity index is 645. The molecule has 1 aromatic carbocycles. The molecule has 0 aliphatic rings. The standard InChI is InChI=1S/C15H15N2O.HI/c1-2-9-17-10-5-6-12(11-17)15-16-13-7-3-4-8-14(13)18-15;/h3-8,10-11H,2,9H2,1H3;1H/q+1;/p-1. The molecule has 0 radical (unpaired) electrons. The highest BCUT2D eigenvalue weighted by atomic mass is 127. The monoisotopic (exact) mass is 366 g/mol. The Morgan fingerprint density at radius 3 is 2.79 bits per heavy atom. The van der Waals surface area contributed by atoms with Gasteiger partial charge in [-0.1, -0.05) is 19.1 Å². The maximum Gasteiger partial charge on any atom is 0.233 e. The fourth-order valence-corrected chi connectivity index (χ4v) is 2.04. The third kappa shape index (κ3) is 2.94. The van der Waals surface area contributed by atoms with E-state index < -0.39 is 0 Å². The van der Waals surface area contributed by atoms with Crippen LogP contribution in [0.15, 0.2) is 53.2 Å². The summed E-state index contributed by atoms with van der Waals surface area (Å²) in [6.45, 7) is 3.17. The van der Waals surface area contributed by atoms with Crippen LogP contribution in [-0.4, -0.2) is 4.98 Å². The van der Waals surface area contributed by atoms with E-state index >= 15 is 0 Å². The van der Waals surface area contributed by atoms with Crippen LogP contribution in [-0.2, 0) is 6.54 Å². The second-order valence-corrected chi connectivity index (χ2v) is 4.32. The summed E-state index contributed by atoms with van der Waals surface area (Å²) < 4.78 is 7.92. The van der Waals surface area contributed by atoms with E-state index in [0.717, 1.165) is 29.6 Å². The molecule has 2 heterocycles. The summed E-state index contributed by atoms with van der Waals surface area (Å²) in [5.74, 6) is 0.682. The van der Waals surface area contributed by atoms with E-state index in [9.17, 15) is 0 Å². The molecule has 0 unspecified atom stereocenters. The zero-order valence-electron chi connectivity index (χ0n) is 10.7. The van der Waals surface area contributed by atoms with E-state index in [1.54, 1.807) is 0 Å². The summed E-state index contributed by atoms with van der Waals surface area (Å²) in [5.41, 5.74) is 2.75. The summed E-state index contributed by atoms with van der Waals surface area (Å²) in [4.78, 5) is 4.50. The van der Waals surface area contributed by atoms with Gasteiger partial charge in [-0.3, -0.25) is 0 Å². The lowest BCUT2D eigenvalue weighted by atomic mass is 10.3. The Balaban J connectivity index is 0.00000133. The zero-order chi connectivity index (χ0) is 12.4. The van der Waals surface area contributed by atoms with Gasteiger partial charge in [0, 0.05) is 12.5 Å². The van der Waals surface area contributed by atoms with Crippen LogP contribution in [0.4, 0.5) is 0 Å². The molecule has 3 aromatic rings. The first kappa shape index (κ1) is 14.0. The minimum Gasteiger partial charge on any atom is -1.00 e. The van der Waals surface area contributed by atoms with Gasteiger partial charge in [0.1, 0.15) is 17.6 Å². The molecular weight excluding hydrogens is 351 g/mol. The van der Waals surface area contributed by atoms with Crippen LogP contribution in [0, 0.1) is 0 Å². The minimum absolute atomic E-state index is 0. The number of hydrogen-bond acceptors (Lipinski definition) is 2. The number of para-hydroxylation sites is 2. The minimum atomic E-state index is 0. The number of fused-ring (bicyclic) bond motifs is 1. The average Bonchev–Trinajstić information content (AvgIpc) is 2.83. The second-order valence-electron chi connectivity index (χ2n) is 4.32. The quantitative estimate of drug-likeness (QED) is 0.490. The van der Waals surface area contributed by atoms with Crippen molar-refractivity contribution in [2.24, 2.45) is 0 Å². The van der Waals surface area contributed by atoms with E-state index in [2.05, 4.69) is 28.9 Å². The molecule has 0 N–H and O–H groups in total. The highest BCUT2D eigenvalue weighted by Gasteiger charge is 2.10. The van der Waals surface area contributed by atoms with Crippen molar-refractivity contribution >= 4 is 11.1 Å². The molecule has 98 valence electrons. The van der Waals surface area contributed by atoms with Gasteiger partial charge in [-0.15, -0.1) is 0 Å². The number of pyridine rings is 1. The van der Waals surface area contributed by atoms with Crippen molar-refractivity contribution in [3.05, 3.63) is 48.8 Å². The van der Waals surface area contributed by atoms with Crippen LogP contribution in [0.5, 0.6) is 0 Å². The maximum atomic E-state index is 5.76. The van der Waals surface area contributed by atoms with Crippen molar-refractivity contribution in [1.82, 2.24) is 4.98 Å². The predicted octanol–water partition coefficient (Wildman–Crippen LogP) is 0.196. The first-order valence-electron chi connectivity index (χ1n) is 6.22.